The fourth-order valence-electron chi connectivity index (χ4n) is 14.9. The highest BCUT2D eigenvalue weighted by Crippen LogP contribution is 2.45. The fraction of sp³-hybridized carbons (Fsp3) is 0.0471. The van der Waals surface area contributed by atoms with Crippen LogP contribution in [0.3, 0.4) is 0 Å². The predicted molar refractivity (Wildman–Crippen MR) is 380 cm³/mol. The van der Waals surface area contributed by atoms with Gasteiger partial charge in [-0.25, -0.2) is 15.0 Å². The minimum atomic E-state index is 0.710. The van der Waals surface area contributed by atoms with Crippen molar-refractivity contribution >= 4 is 108 Å². The molecule has 0 spiro atoms. The number of pyridine rings is 1. The molecule has 4 aromatic heterocycles. The lowest BCUT2D eigenvalue weighted by molar-refractivity contribution is 1.11. The Hall–Kier alpha value is -11.5. The summed E-state index contributed by atoms with van der Waals surface area (Å²) in [6.07, 6.45) is 2.04. The van der Waals surface area contributed by atoms with E-state index < -0.39 is 0 Å². The fourth-order valence-corrected chi connectivity index (χ4v) is 14.9. The van der Waals surface area contributed by atoms with Crippen molar-refractivity contribution in [2.45, 2.75) is 27.7 Å². The monoisotopic (exact) mass is 1150 g/mol. The van der Waals surface area contributed by atoms with Crippen LogP contribution in [-0.2, 0) is 0 Å². The Morgan fingerprint density at radius 1 is 0.256 bits per heavy atom. The van der Waals surface area contributed by atoms with E-state index in [0.717, 1.165) is 67.4 Å². The van der Waals surface area contributed by atoms with Gasteiger partial charge in [-0.2, -0.15) is 0 Å². The van der Waals surface area contributed by atoms with Crippen molar-refractivity contribution < 1.29 is 0 Å². The number of benzene rings is 14. The van der Waals surface area contributed by atoms with E-state index in [1.165, 1.54) is 125 Å². The highest BCUT2D eigenvalue weighted by atomic mass is 15.0. The number of para-hydroxylation sites is 4. The molecule has 18 rings (SSSR count). The van der Waals surface area contributed by atoms with E-state index >= 15 is 0 Å². The first-order valence-electron chi connectivity index (χ1n) is 31.1. The average Bonchev–Trinajstić information content (AvgIpc) is 1.03. The summed E-state index contributed by atoms with van der Waals surface area (Å²) in [4.78, 5) is 16.0. The van der Waals surface area contributed by atoms with Crippen LogP contribution in [0, 0.1) is 27.7 Å². The topological polar surface area (TPSA) is 48.5 Å². The van der Waals surface area contributed by atoms with E-state index in [1.54, 1.807) is 0 Å². The lowest BCUT2D eigenvalue weighted by Crippen LogP contribution is -1.98. The molecule has 0 aliphatic heterocycles. The van der Waals surface area contributed by atoms with E-state index in [0.29, 0.717) is 5.82 Å². The number of rotatable bonds is 7. The van der Waals surface area contributed by atoms with Crippen LogP contribution < -0.4 is 0 Å². The summed E-state index contributed by atoms with van der Waals surface area (Å²) in [5, 5.41) is 19.6. The Morgan fingerprint density at radius 2 is 0.678 bits per heavy atom. The zero-order valence-electron chi connectivity index (χ0n) is 50.2. The maximum absolute atomic E-state index is 5.55. The highest BCUT2D eigenvalue weighted by molar-refractivity contribution is 6.28. The molecule has 0 unspecified atom stereocenters. The van der Waals surface area contributed by atoms with Gasteiger partial charge in [0.25, 0.3) is 0 Å². The maximum Gasteiger partial charge on any atom is 0.159 e. The molecule has 0 atom stereocenters. The van der Waals surface area contributed by atoms with E-state index in [2.05, 4.69) is 304 Å². The third-order valence-electron chi connectivity index (χ3n) is 19.2. The molecular formula is C85H57N5. The summed E-state index contributed by atoms with van der Waals surface area (Å²) in [6.45, 7) is 8.79. The first-order chi connectivity index (χ1) is 44.3. The smallest absolute Gasteiger partial charge is 0.159 e. The van der Waals surface area contributed by atoms with Crippen LogP contribution in [0.25, 0.3) is 176 Å². The van der Waals surface area contributed by atoms with Crippen LogP contribution in [0.1, 0.15) is 22.4 Å². The van der Waals surface area contributed by atoms with Gasteiger partial charge in [0, 0.05) is 67.1 Å². The second kappa shape index (κ2) is 20.0. The largest absolute Gasteiger partial charge is 0.309 e. The van der Waals surface area contributed by atoms with Gasteiger partial charge in [0.1, 0.15) is 0 Å². The first kappa shape index (κ1) is 51.7. The molecule has 5 nitrogen and oxygen atoms in total. The molecule has 5 heteroatoms. The molecule has 0 aliphatic rings. The SMILES string of the molecule is Cc1cc2c3ccccc3c3ccc(-c4ccc5c6ccccc6c6cc(-c7nc(-c8ccc9c(c8)c8ccccc8n9-c8ccccc8)ccc7C)c(C)cc6c5c4)cc3c2cc1-c1cnc(-c2ccc3c4ccccc4n(-c4ccccc4)c3c2)nc1C. The van der Waals surface area contributed by atoms with Gasteiger partial charge in [-0.1, -0.05) is 182 Å². The van der Waals surface area contributed by atoms with Crippen LogP contribution >= 0.6 is 0 Å². The molecule has 0 saturated carbocycles. The van der Waals surface area contributed by atoms with Gasteiger partial charge in [-0.05, 0) is 211 Å². The van der Waals surface area contributed by atoms with Crippen LogP contribution in [0.2, 0.25) is 0 Å². The van der Waals surface area contributed by atoms with Gasteiger partial charge in [-0.15, -0.1) is 0 Å². The minimum absolute atomic E-state index is 0.710. The van der Waals surface area contributed by atoms with Gasteiger partial charge in [0.15, 0.2) is 5.82 Å². The Bertz CT molecular complexity index is 6070. The Labute approximate surface area is 520 Å². The number of hydrogen-bond donors (Lipinski definition) is 0. The lowest BCUT2D eigenvalue weighted by atomic mass is 9.87. The molecule has 0 aliphatic carbocycles. The van der Waals surface area contributed by atoms with Crippen LogP contribution in [-0.4, -0.2) is 24.1 Å². The van der Waals surface area contributed by atoms with E-state index in [-0.39, 0.29) is 0 Å². The van der Waals surface area contributed by atoms with Crippen molar-refractivity contribution in [3.63, 3.8) is 0 Å². The zero-order valence-corrected chi connectivity index (χ0v) is 50.2. The molecule has 14 aromatic carbocycles. The first-order valence-corrected chi connectivity index (χ1v) is 31.1. The summed E-state index contributed by atoms with van der Waals surface area (Å²) < 4.78 is 4.71. The standard InChI is InChI=1S/C85H57N5/c1-50-31-39-79(56-35-40-82-77(45-56)67-28-16-18-30-81(67)89(82)58-19-7-5-8-20-58)88-84(50)70-48-75-63-26-14-12-24-61(63)64-36-32-54(43-73(64)72(75)42-52(70)3)55-33-37-65-60-23-11-13-25-62(60)71-41-51(2)69(47-76(71)74(65)44-55)78-49-86-85(87-53(78)4)57-34-38-68-66-27-15-17-29-80(66)90(83(68)46-57)59-21-9-6-10-22-59/h5-49H,1-4H3. The molecule has 0 amide bonds. The van der Waals surface area contributed by atoms with Gasteiger partial charge in [-0.3, -0.25) is 0 Å². The van der Waals surface area contributed by atoms with Crippen molar-refractivity contribution in [3.8, 4) is 67.5 Å². The third kappa shape index (κ3) is 7.92. The summed E-state index contributed by atoms with van der Waals surface area (Å²) in [5.41, 5.74) is 21.1. The molecule has 0 saturated heterocycles. The zero-order chi connectivity index (χ0) is 59.9. The Balaban J connectivity index is 0.746. The normalized spacial score (nSPS) is 12.0. The van der Waals surface area contributed by atoms with Crippen molar-refractivity contribution in [1.82, 2.24) is 24.1 Å². The molecule has 422 valence electrons. The van der Waals surface area contributed by atoms with Crippen molar-refractivity contribution in [1.29, 1.82) is 0 Å². The van der Waals surface area contributed by atoms with Crippen LogP contribution in [0.15, 0.2) is 273 Å². The number of aromatic nitrogens is 5. The van der Waals surface area contributed by atoms with E-state index in [4.69, 9.17) is 15.0 Å². The van der Waals surface area contributed by atoms with Crippen molar-refractivity contribution in [3.05, 3.63) is 296 Å². The molecular weight excluding hydrogens is 1090 g/mol. The van der Waals surface area contributed by atoms with Gasteiger partial charge >= 0.3 is 0 Å². The second-order valence-corrected chi connectivity index (χ2v) is 24.4. The lowest BCUT2D eigenvalue weighted by Gasteiger charge is -2.17. The third-order valence-corrected chi connectivity index (χ3v) is 19.2. The minimum Gasteiger partial charge on any atom is -0.309 e. The van der Waals surface area contributed by atoms with E-state index in [1.807, 2.05) is 6.20 Å². The number of nitrogens with zero attached hydrogens (tertiary/aromatic N) is 5. The molecule has 0 N–H and O–H groups in total. The number of fused-ring (bicyclic) bond motifs is 18. The van der Waals surface area contributed by atoms with Crippen molar-refractivity contribution in [2.75, 3.05) is 0 Å². The molecule has 18 aromatic rings. The van der Waals surface area contributed by atoms with Gasteiger partial charge in [0.2, 0.25) is 0 Å². The molecule has 0 radical (unpaired) electrons. The Kier molecular flexibility index (Phi) is 11.5. The van der Waals surface area contributed by atoms with Crippen LogP contribution in [0.4, 0.5) is 0 Å². The molecule has 0 fully saturated rings. The predicted octanol–water partition coefficient (Wildman–Crippen LogP) is 22.6. The number of hydrogen-bond acceptors (Lipinski definition) is 3. The summed E-state index contributed by atoms with van der Waals surface area (Å²) in [6, 6.07) is 98.0. The second-order valence-electron chi connectivity index (χ2n) is 24.4. The maximum atomic E-state index is 5.55. The summed E-state index contributed by atoms with van der Waals surface area (Å²) in [5.74, 6) is 0.710. The summed E-state index contributed by atoms with van der Waals surface area (Å²) >= 11 is 0. The van der Waals surface area contributed by atoms with Crippen LogP contribution in [0.5, 0.6) is 0 Å². The van der Waals surface area contributed by atoms with Crippen molar-refractivity contribution in [2.24, 2.45) is 0 Å². The van der Waals surface area contributed by atoms with Gasteiger partial charge in [0.05, 0.1) is 33.5 Å². The highest BCUT2D eigenvalue weighted by Gasteiger charge is 2.21. The Morgan fingerprint density at radius 3 is 1.30 bits per heavy atom. The molecule has 0 bridgehead atoms. The average molecular weight is 1150 g/mol. The molecule has 4 heterocycles. The van der Waals surface area contributed by atoms with Gasteiger partial charge < -0.3 is 9.13 Å². The number of aryl methyl sites for hydroxylation is 4. The summed E-state index contributed by atoms with van der Waals surface area (Å²) in [7, 11) is 0. The quantitative estimate of drug-likeness (QED) is 0.149. The molecule has 90 heavy (non-hydrogen) atoms. The van der Waals surface area contributed by atoms with E-state index in [9.17, 15) is 0 Å².